The third-order valence-corrected chi connectivity index (χ3v) is 3.77. The summed E-state index contributed by atoms with van der Waals surface area (Å²) >= 11 is 6.26. The van der Waals surface area contributed by atoms with Crippen molar-refractivity contribution in [3.8, 4) is 0 Å². The van der Waals surface area contributed by atoms with E-state index in [1.165, 1.54) is 11.1 Å². The lowest BCUT2D eigenvalue weighted by Crippen LogP contribution is -2.14. The van der Waals surface area contributed by atoms with Gasteiger partial charge in [-0.05, 0) is 48.1 Å². The monoisotopic (exact) mass is 273 g/mol. The second-order valence-corrected chi connectivity index (χ2v) is 5.41. The van der Waals surface area contributed by atoms with Crippen LogP contribution in [0.4, 0.5) is 0 Å². The number of rotatable bonds is 4. The van der Waals surface area contributed by atoms with Crippen LogP contribution in [-0.4, -0.2) is 0 Å². The van der Waals surface area contributed by atoms with Crippen molar-refractivity contribution in [1.29, 1.82) is 0 Å². The summed E-state index contributed by atoms with van der Waals surface area (Å²) in [5, 5.41) is 0.762. The molecule has 1 nitrogen and oxygen atoms in total. The van der Waals surface area contributed by atoms with Crippen molar-refractivity contribution in [2.45, 2.75) is 32.7 Å². The molecule has 0 spiro atoms. The SMILES string of the molecule is CCc1ccc(CC(N)c2ccc(C)cc2Cl)cc1. The van der Waals surface area contributed by atoms with E-state index in [4.69, 9.17) is 17.3 Å². The number of hydrogen-bond acceptors (Lipinski definition) is 1. The van der Waals surface area contributed by atoms with Gasteiger partial charge in [0.1, 0.15) is 0 Å². The number of benzene rings is 2. The summed E-state index contributed by atoms with van der Waals surface area (Å²) in [6.07, 6.45) is 1.88. The van der Waals surface area contributed by atoms with E-state index < -0.39 is 0 Å². The van der Waals surface area contributed by atoms with Crippen LogP contribution in [-0.2, 0) is 12.8 Å². The molecule has 0 fully saturated rings. The fraction of sp³-hybridized carbons (Fsp3) is 0.294. The molecule has 0 radical (unpaired) electrons. The first-order valence-corrected chi connectivity index (χ1v) is 7.07. The summed E-state index contributed by atoms with van der Waals surface area (Å²) in [5.41, 5.74) is 11.0. The Bertz CT molecular complexity index is 546. The van der Waals surface area contributed by atoms with Crippen molar-refractivity contribution >= 4 is 11.6 Å². The molecule has 0 aliphatic carbocycles. The molecule has 0 heterocycles. The van der Waals surface area contributed by atoms with Crippen LogP contribution in [0.3, 0.4) is 0 Å². The van der Waals surface area contributed by atoms with Gasteiger partial charge in [-0.15, -0.1) is 0 Å². The molecule has 0 amide bonds. The van der Waals surface area contributed by atoms with E-state index in [1.807, 2.05) is 19.1 Å². The third kappa shape index (κ3) is 3.59. The van der Waals surface area contributed by atoms with Crippen molar-refractivity contribution in [1.82, 2.24) is 0 Å². The van der Waals surface area contributed by atoms with Crippen LogP contribution in [0.1, 0.15) is 35.2 Å². The highest BCUT2D eigenvalue weighted by atomic mass is 35.5. The predicted octanol–water partition coefficient (Wildman–Crippen LogP) is 4.45. The molecule has 19 heavy (non-hydrogen) atoms. The van der Waals surface area contributed by atoms with Crippen molar-refractivity contribution in [3.05, 3.63) is 69.7 Å². The molecule has 1 unspecified atom stereocenters. The average Bonchev–Trinajstić information content (AvgIpc) is 2.39. The molecule has 2 aromatic rings. The number of hydrogen-bond donors (Lipinski definition) is 1. The lowest BCUT2D eigenvalue weighted by Gasteiger charge is -2.14. The number of aryl methyl sites for hydroxylation is 2. The van der Waals surface area contributed by atoms with Crippen molar-refractivity contribution in [2.75, 3.05) is 0 Å². The zero-order valence-corrected chi connectivity index (χ0v) is 12.2. The fourth-order valence-corrected chi connectivity index (χ4v) is 2.58. The maximum absolute atomic E-state index is 6.26. The van der Waals surface area contributed by atoms with Gasteiger partial charge < -0.3 is 5.73 Å². The van der Waals surface area contributed by atoms with Gasteiger partial charge in [0.2, 0.25) is 0 Å². The summed E-state index contributed by atoms with van der Waals surface area (Å²) in [6.45, 7) is 4.19. The van der Waals surface area contributed by atoms with Crippen molar-refractivity contribution in [3.63, 3.8) is 0 Å². The van der Waals surface area contributed by atoms with Gasteiger partial charge in [-0.2, -0.15) is 0 Å². The fourth-order valence-electron chi connectivity index (χ4n) is 2.21. The molecule has 1 atom stereocenters. The van der Waals surface area contributed by atoms with Gasteiger partial charge in [0, 0.05) is 11.1 Å². The molecule has 2 heteroatoms. The molecule has 0 bridgehead atoms. The van der Waals surface area contributed by atoms with E-state index in [0.29, 0.717) is 0 Å². The van der Waals surface area contributed by atoms with Crippen LogP contribution < -0.4 is 5.73 Å². The Kier molecular flexibility index (Phi) is 4.62. The first-order chi connectivity index (χ1) is 9.10. The van der Waals surface area contributed by atoms with E-state index in [2.05, 4.69) is 37.3 Å². The maximum atomic E-state index is 6.26. The summed E-state index contributed by atoms with van der Waals surface area (Å²) < 4.78 is 0. The normalized spacial score (nSPS) is 12.4. The molecular weight excluding hydrogens is 254 g/mol. The summed E-state index contributed by atoms with van der Waals surface area (Å²) in [5.74, 6) is 0. The van der Waals surface area contributed by atoms with Gasteiger partial charge in [-0.25, -0.2) is 0 Å². The molecule has 0 aromatic heterocycles. The van der Waals surface area contributed by atoms with E-state index >= 15 is 0 Å². The second kappa shape index (κ2) is 6.23. The zero-order chi connectivity index (χ0) is 13.8. The molecular formula is C17H20ClN. The molecule has 0 aliphatic heterocycles. The third-order valence-electron chi connectivity index (χ3n) is 3.44. The molecule has 2 aromatic carbocycles. The summed E-state index contributed by atoms with van der Waals surface area (Å²) in [6, 6.07) is 14.6. The van der Waals surface area contributed by atoms with Crippen LogP contribution in [0.5, 0.6) is 0 Å². The Hall–Kier alpha value is -1.31. The molecule has 0 saturated heterocycles. The van der Waals surface area contributed by atoms with E-state index in [-0.39, 0.29) is 6.04 Å². The Balaban J connectivity index is 2.13. The lowest BCUT2D eigenvalue weighted by atomic mass is 9.98. The lowest BCUT2D eigenvalue weighted by molar-refractivity contribution is 0.721. The van der Waals surface area contributed by atoms with Crippen LogP contribution in [0.15, 0.2) is 42.5 Å². The minimum atomic E-state index is -0.0550. The predicted molar refractivity (Wildman–Crippen MR) is 82.6 cm³/mol. The Morgan fingerprint density at radius 3 is 2.26 bits per heavy atom. The molecule has 100 valence electrons. The first kappa shape index (κ1) is 14.1. The van der Waals surface area contributed by atoms with Gasteiger partial charge in [0.25, 0.3) is 0 Å². The zero-order valence-electron chi connectivity index (χ0n) is 11.5. The van der Waals surface area contributed by atoms with Crippen LogP contribution in [0, 0.1) is 6.92 Å². The van der Waals surface area contributed by atoms with E-state index in [0.717, 1.165) is 29.0 Å². The largest absolute Gasteiger partial charge is 0.324 e. The second-order valence-electron chi connectivity index (χ2n) is 5.01. The van der Waals surface area contributed by atoms with E-state index in [1.54, 1.807) is 0 Å². The summed E-state index contributed by atoms with van der Waals surface area (Å²) in [7, 11) is 0. The minimum absolute atomic E-state index is 0.0550. The smallest absolute Gasteiger partial charge is 0.0456 e. The number of nitrogens with two attached hydrogens (primary N) is 1. The summed E-state index contributed by atoms with van der Waals surface area (Å²) in [4.78, 5) is 0. The van der Waals surface area contributed by atoms with Crippen LogP contribution in [0.25, 0.3) is 0 Å². The standard InChI is InChI=1S/C17H20ClN/c1-3-13-5-7-14(8-6-13)11-17(19)15-9-4-12(2)10-16(15)18/h4-10,17H,3,11,19H2,1-2H3. The van der Waals surface area contributed by atoms with E-state index in [9.17, 15) is 0 Å². The molecule has 2 N–H and O–H groups in total. The highest BCUT2D eigenvalue weighted by molar-refractivity contribution is 6.31. The topological polar surface area (TPSA) is 26.0 Å². The molecule has 0 aliphatic rings. The van der Waals surface area contributed by atoms with Gasteiger partial charge in [0.15, 0.2) is 0 Å². The van der Waals surface area contributed by atoms with Crippen LogP contribution >= 0.6 is 11.6 Å². The van der Waals surface area contributed by atoms with Gasteiger partial charge in [-0.3, -0.25) is 0 Å². The van der Waals surface area contributed by atoms with Gasteiger partial charge in [-0.1, -0.05) is 54.9 Å². The Labute approximate surface area is 120 Å². The average molecular weight is 274 g/mol. The van der Waals surface area contributed by atoms with Crippen LogP contribution in [0.2, 0.25) is 5.02 Å². The molecule has 2 rings (SSSR count). The molecule has 0 saturated carbocycles. The Morgan fingerprint density at radius 2 is 1.68 bits per heavy atom. The van der Waals surface area contributed by atoms with Gasteiger partial charge >= 0.3 is 0 Å². The Morgan fingerprint density at radius 1 is 1.05 bits per heavy atom. The number of halogens is 1. The highest BCUT2D eigenvalue weighted by Gasteiger charge is 2.11. The van der Waals surface area contributed by atoms with Crippen molar-refractivity contribution in [2.24, 2.45) is 5.73 Å². The highest BCUT2D eigenvalue weighted by Crippen LogP contribution is 2.25. The first-order valence-electron chi connectivity index (χ1n) is 6.69. The van der Waals surface area contributed by atoms with Crippen molar-refractivity contribution < 1.29 is 0 Å². The quantitative estimate of drug-likeness (QED) is 0.875. The van der Waals surface area contributed by atoms with Gasteiger partial charge in [0.05, 0.1) is 0 Å². The minimum Gasteiger partial charge on any atom is -0.324 e. The maximum Gasteiger partial charge on any atom is 0.0456 e.